The van der Waals surface area contributed by atoms with Gasteiger partial charge in [-0.2, -0.15) is 4.31 Å². The highest BCUT2D eigenvalue weighted by atomic mass is 32.2. The molecule has 33 heavy (non-hydrogen) atoms. The number of ether oxygens (including phenoxy) is 1. The van der Waals surface area contributed by atoms with E-state index >= 15 is 0 Å². The molecule has 0 radical (unpaired) electrons. The summed E-state index contributed by atoms with van der Waals surface area (Å²) in [5.74, 6) is -0.140. The standard InChI is InChI=1S/C23H25FN4O4S/c1-26-21(23(29)32-2)19(16-4-6-18(24)7-5-16)20(17-8-10-25-11-9-17)22(26)27-12-14-28(15-13-27)33(3,30)31/h4-11H,12-15H2,1-3H3. The second-order valence-corrected chi connectivity index (χ2v) is 9.85. The smallest absolute Gasteiger partial charge is 0.355 e. The van der Waals surface area contributed by atoms with Crippen LogP contribution in [0.1, 0.15) is 10.5 Å². The number of piperazine rings is 1. The van der Waals surface area contributed by atoms with Gasteiger partial charge in [-0.05, 0) is 35.4 Å². The van der Waals surface area contributed by atoms with E-state index in [0.717, 1.165) is 16.9 Å². The molecule has 8 nitrogen and oxygen atoms in total. The average Bonchev–Trinajstić information content (AvgIpc) is 3.12. The van der Waals surface area contributed by atoms with Crippen molar-refractivity contribution in [1.29, 1.82) is 0 Å². The van der Waals surface area contributed by atoms with E-state index in [1.807, 2.05) is 12.1 Å². The molecule has 0 bridgehead atoms. The van der Waals surface area contributed by atoms with Crippen LogP contribution in [0.3, 0.4) is 0 Å². The first-order valence-electron chi connectivity index (χ1n) is 10.4. The maximum absolute atomic E-state index is 13.7. The molecule has 1 aliphatic heterocycles. The average molecular weight is 473 g/mol. The Hall–Kier alpha value is -3.24. The van der Waals surface area contributed by atoms with Gasteiger partial charge < -0.3 is 14.2 Å². The molecule has 3 heterocycles. The molecule has 3 aromatic rings. The summed E-state index contributed by atoms with van der Waals surface area (Å²) in [5.41, 5.74) is 3.23. The zero-order valence-corrected chi connectivity index (χ0v) is 19.5. The van der Waals surface area contributed by atoms with Gasteiger partial charge in [0, 0.05) is 56.7 Å². The van der Waals surface area contributed by atoms with Gasteiger partial charge in [0.15, 0.2) is 0 Å². The normalized spacial score (nSPS) is 15.0. The van der Waals surface area contributed by atoms with Crippen LogP contribution >= 0.6 is 0 Å². The van der Waals surface area contributed by atoms with Gasteiger partial charge in [0.1, 0.15) is 17.3 Å². The van der Waals surface area contributed by atoms with Crippen molar-refractivity contribution >= 4 is 21.8 Å². The number of rotatable bonds is 5. The molecule has 1 aliphatic rings. The Morgan fingerprint density at radius 3 is 2.09 bits per heavy atom. The molecule has 0 aliphatic carbocycles. The molecule has 4 rings (SSSR count). The second-order valence-electron chi connectivity index (χ2n) is 7.86. The lowest BCUT2D eigenvalue weighted by Gasteiger charge is -2.35. The maximum atomic E-state index is 13.7. The number of halogens is 1. The molecular weight excluding hydrogens is 447 g/mol. The lowest BCUT2D eigenvalue weighted by Crippen LogP contribution is -2.49. The third-order valence-electron chi connectivity index (χ3n) is 5.85. The van der Waals surface area contributed by atoms with Gasteiger partial charge >= 0.3 is 5.97 Å². The van der Waals surface area contributed by atoms with Gasteiger partial charge in [-0.3, -0.25) is 4.98 Å². The minimum Gasteiger partial charge on any atom is -0.464 e. The number of benzene rings is 1. The van der Waals surface area contributed by atoms with Crippen molar-refractivity contribution in [3.63, 3.8) is 0 Å². The van der Waals surface area contributed by atoms with Gasteiger partial charge in [-0.1, -0.05) is 12.1 Å². The summed E-state index contributed by atoms with van der Waals surface area (Å²) in [4.78, 5) is 19.1. The number of esters is 1. The van der Waals surface area contributed by atoms with E-state index in [1.54, 1.807) is 36.1 Å². The first-order chi connectivity index (χ1) is 15.7. The lowest BCUT2D eigenvalue weighted by molar-refractivity contribution is 0.0591. The van der Waals surface area contributed by atoms with Crippen molar-refractivity contribution in [3.8, 4) is 22.3 Å². The Labute approximate surface area is 192 Å². The predicted molar refractivity (Wildman–Crippen MR) is 124 cm³/mol. The third-order valence-corrected chi connectivity index (χ3v) is 7.15. The lowest BCUT2D eigenvalue weighted by atomic mass is 9.96. The van der Waals surface area contributed by atoms with E-state index in [4.69, 9.17) is 4.74 Å². The Bertz CT molecular complexity index is 1270. The Kier molecular flexibility index (Phi) is 6.22. The van der Waals surface area contributed by atoms with Crippen LogP contribution in [0.25, 0.3) is 22.3 Å². The molecule has 1 aromatic carbocycles. The van der Waals surface area contributed by atoms with Crippen LogP contribution in [0.15, 0.2) is 48.8 Å². The SMILES string of the molecule is COC(=O)c1c(-c2ccc(F)cc2)c(-c2ccncc2)c(N2CCN(S(C)(=O)=O)CC2)n1C. The van der Waals surface area contributed by atoms with Crippen molar-refractivity contribution in [2.75, 3.05) is 44.4 Å². The molecule has 0 unspecified atom stereocenters. The van der Waals surface area contributed by atoms with E-state index in [0.29, 0.717) is 43.0 Å². The van der Waals surface area contributed by atoms with Crippen molar-refractivity contribution < 1.29 is 22.3 Å². The molecule has 0 amide bonds. The molecule has 10 heteroatoms. The second kappa shape index (κ2) is 8.95. The minimum atomic E-state index is -3.29. The fraction of sp³-hybridized carbons (Fsp3) is 0.304. The van der Waals surface area contributed by atoms with Crippen LogP contribution in [0, 0.1) is 5.82 Å². The fourth-order valence-corrected chi connectivity index (χ4v) is 5.13. The number of nitrogens with zero attached hydrogens (tertiary/aromatic N) is 4. The first-order valence-corrected chi connectivity index (χ1v) is 12.2. The number of hydrogen-bond acceptors (Lipinski definition) is 6. The van der Waals surface area contributed by atoms with Crippen molar-refractivity contribution in [2.45, 2.75) is 0 Å². The monoisotopic (exact) mass is 472 g/mol. The van der Waals surface area contributed by atoms with Gasteiger partial charge in [-0.15, -0.1) is 0 Å². The summed E-state index contributed by atoms with van der Waals surface area (Å²) >= 11 is 0. The topological polar surface area (TPSA) is 84.7 Å². The fourth-order valence-electron chi connectivity index (χ4n) is 4.30. The number of methoxy groups -OCH3 is 1. The van der Waals surface area contributed by atoms with Crippen molar-refractivity contribution in [2.24, 2.45) is 7.05 Å². The Balaban J connectivity index is 1.95. The molecule has 2 aromatic heterocycles. The van der Waals surface area contributed by atoms with Crippen LogP contribution in [-0.4, -0.2) is 67.8 Å². The first kappa shape index (κ1) is 22.9. The van der Waals surface area contributed by atoms with Crippen molar-refractivity contribution in [1.82, 2.24) is 13.9 Å². The molecule has 0 N–H and O–H groups in total. The van der Waals surface area contributed by atoms with Gasteiger partial charge in [0.25, 0.3) is 0 Å². The van der Waals surface area contributed by atoms with E-state index in [-0.39, 0.29) is 5.82 Å². The van der Waals surface area contributed by atoms with Crippen LogP contribution in [0.4, 0.5) is 10.2 Å². The molecular formula is C23H25FN4O4S. The molecule has 0 atom stereocenters. The predicted octanol–water partition coefficient (Wildman–Crippen LogP) is 2.76. The summed E-state index contributed by atoms with van der Waals surface area (Å²) in [6.07, 6.45) is 4.54. The van der Waals surface area contributed by atoms with Gasteiger partial charge in [0.05, 0.1) is 13.4 Å². The van der Waals surface area contributed by atoms with Crippen molar-refractivity contribution in [3.05, 3.63) is 60.3 Å². The minimum absolute atomic E-state index is 0.330. The summed E-state index contributed by atoms with van der Waals surface area (Å²) in [7, 11) is -0.189. The quantitative estimate of drug-likeness (QED) is 0.531. The number of aromatic nitrogens is 2. The Morgan fingerprint density at radius 1 is 0.970 bits per heavy atom. The largest absolute Gasteiger partial charge is 0.464 e. The maximum Gasteiger partial charge on any atom is 0.355 e. The van der Waals surface area contributed by atoms with Crippen LogP contribution in [0.5, 0.6) is 0 Å². The van der Waals surface area contributed by atoms with E-state index in [9.17, 15) is 17.6 Å². The highest BCUT2D eigenvalue weighted by molar-refractivity contribution is 7.88. The zero-order chi connectivity index (χ0) is 23.8. The molecule has 174 valence electrons. The molecule has 1 saturated heterocycles. The number of anilines is 1. The number of sulfonamides is 1. The number of carbonyl (C=O) groups is 1. The number of pyridine rings is 1. The summed E-state index contributed by atoms with van der Waals surface area (Å²) in [5, 5.41) is 0. The van der Waals surface area contributed by atoms with Crippen LogP contribution in [0.2, 0.25) is 0 Å². The summed E-state index contributed by atoms with van der Waals surface area (Å²) in [6, 6.07) is 9.66. The molecule has 1 fully saturated rings. The highest BCUT2D eigenvalue weighted by Crippen LogP contribution is 2.44. The van der Waals surface area contributed by atoms with Gasteiger partial charge in [-0.25, -0.2) is 17.6 Å². The van der Waals surface area contributed by atoms with Crippen LogP contribution < -0.4 is 4.90 Å². The zero-order valence-electron chi connectivity index (χ0n) is 18.7. The highest BCUT2D eigenvalue weighted by Gasteiger charge is 2.33. The van der Waals surface area contributed by atoms with Gasteiger partial charge in [0.2, 0.25) is 10.0 Å². The Morgan fingerprint density at radius 2 is 1.55 bits per heavy atom. The van der Waals surface area contributed by atoms with E-state index in [1.165, 1.54) is 29.8 Å². The summed E-state index contributed by atoms with van der Waals surface area (Å²) < 4.78 is 46.0. The van der Waals surface area contributed by atoms with E-state index in [2.05, 4.69) is 9.88 Å². The summed E-state index contributed by atoms with van der Waals surface area (Å²) in [6.45, 7) is 1.57. The number of carbonyl (C=O) groups excluding carboxylic acids is 1. The molecule has 0 spiro atoms. The number of hydrogen-bond donors (Lipinski definition) is 0. The van der Waals surface area contributed by atoms with E-state index < -0.39 is 16.0 Å². The van der Waals surface area contributed by atoms with Crippen LogP contribution in [-0.2, 0) is 21.8 Å². The molecule has 0 saturated carbocycles. The third kappa shape index (κ3) is 4.36.